The van der Waals surface area contributed by atoms with Crippen LogP contribution >= 0.6 is 39.7 Å². The molecule has 3 rings (SSSR count). The third-order valence-corrected chi connectivity index (χ3v) is 6.16. The fourth-order valence-corrected chi connectivity index (χ4v) is 4.92. The van der Waals surface area contributed by atoms with Gasteiger partial charge < -0.3 is 10.6 Å². The van der Waals surface area contributed by atoms with Gasteiger partial charge in [-0.15, -0.1) is 23.7 Å². The second-order valence-corrected chi connectivity index (χ2v) is 8.89. The number of nitrogens with one attached hydrogen (secondary N) is 2. The van der Waals surface area contributed by atoms with Gasteiger partial charge in [0.25, 0.3) is 0 Å². The van der Waals surface area contributed by atoms with E-state index in [2.05, 4.69) is 43.6 Å². The lowest BCUT2D eigenvalue weighted by atomic mass is 9.97. The first-order chi connectivity index (χ1) is 10.7. The van der Waals surface area contributed by atoms with Crippen LogP contribution in [0.2, 0.25) is 0 Å². The number of thiophene rings is 1. The summed E-state index contributed by atoms with van der Waals surface area (Å²) in [5, 5.41) is 6.41. The molecule has 0 bridgehead atoms. The molecule has 1 aromatic rings. The highest BCUT2D eigenvalue weighted by Crippen LogP contribution is 2.25. The fourth-order valence-electron chi connectivity index (χ4n) is 3.40. The number of rotatable bonds is 5. The maximum atomic E-state index is 12.1. The number of nitrogens with zero attached hydrogens (tertiary/aromatic N) is 1. The summed E-state index contributed by atoms with van der Waals surface area (Å²) in [7, 11) is 0. The van der Waals surface area contributed by atoms with Crippen molar-refractivity contribution in [1.29, 1.82) is 0 Å². The molecule has 1 aromatic heterocycles. The topological polar surface area (TPSA) is 44.4 Å². The Morgan fingerprint density at radius 1 is 1.39 bits per heavy atom. The Bertz CT molecular complexity index is 507. The summed E-state index contributed by atoms with van der Waals surface area (Å²) in [6, 6.07) is 4.37. The van der Waals surface area contributed by atoms with E-state index in [9.17, 15) is 4.79 Å². The summed E-state index contributed by atoms with van der Waals surface area (Å²) in [5.74, 6) is 0.777. The van der Waals surface area contributed by atoms with Crippen molar-refractivity contribution in [3.8, 4) is 0 Å². The van der Waals surface area contributed by atoms with Gasteiger partial charge in [0.1, 0.15) is 0 Å². The monoisotopic (exact) mass is 421 g/mol. The van der Waals surface area contributed by atoms with E-state index in [0.717, 1.165) is 39.0 Å². The minimum atomic E-state index is 0. The summed E-state index contributed by atoms with van der Waals surface area (Å²) < 4.78 is 1.20. The molecule has 2 aliphatic heterocycles. The zero-order valence-electron chi connectivity index (χ0n) is 13.2. The molecule has 130 valence electrons. The predicted molar refractivity (Wildman–Crippen MR) is 101 cm³/mol. The molecule has 2 aliphatic rings. The Kier molecular flexibility index (Phi) is 7.82. The van der Waals surface area contributed by atoms with Gasteiger partial charge in [0.05, 0.1) is 9.83 Å². The average Bonchev–Trinajstić information content (AvgIpc) is 3.17. The van der Waals surface area contributed by atoms with Crippen LogP contribution in [0.25, 0.3) is 0 Å². The number of hydrogen-bond donors (Lipinski definition) is 2. The van der Waals surface area contributed by atoms with Gasteiger partial charge >= 0.3 is 0 Å². The maximum Gasteiger partial charge on any atom is 0.237 e. The average molecular weight is 423 g/mol. The molecule has 0 saturated carbocycles. The first-order valence-corrected chi connectivity index (χ1v) is 9.79. The van der Waals surface area contributed by atoms with Gasteiger partial charge in [0, 0.05) is 24.5 Å². The summed E-state index contributed by atoms with van der Waals surface area (Å²) >= 11 is 5.34. The fraction of sp³-hybridized carbons (Fsp3) is 0.688. The van der Waals surface area contributed by atoms with Gasteiger partial charge in [-0.2, -0.15) is 0 Å². The van der Waals surface area contributed by atoms with Crippen molar-refractivity contribution in [2.45, 2.75) is 38.3 Å². The number of piperidine rings is 1. The Labute approximate surface area is 156 Å². The van der Waals surface area contributed by atoms with Crippen LogP contribution in [-0.2, 0) is 11.3 Å². The highest BCUT2D eigenvalue weighted by molar-refractivity contribution is 9.11. The predicted octanol–water partition coefficient (Wildman–Crippen LogP) is 3.01. The molecule has 0 aromatic carbocycles. The Morgan fingerprint density at radius 2 is 2.26 bits per heavy atom. The van der Waals surface area contributed by atoms with Gasteiger partial charge in [0.15, 0.2) is 0 Å². The Morgan fingerprint density at radius 3 is 2.96 bits per heavy atom. The number of likely N-dealkylation sites (tertiary alicyclic amines) is 1. The van der Waals surface area contributed by atoms with E-state index in [4.69, 9.17) is 0 Å². The minimum Gasteiger partial charge on any atom is -0.354 e. The third-order valence-electron chi connectivity index (χ3n) is 4.55. The zero-order valence-corrected chi connectivity index (χ0v) is 16.4. The molecule has 4 nitrogen and oxygen atoms in total. The van der Waals surface area contributed by atoms with E-state index < -0.39 is 0 Å². The van der Waals surface area contributed by atoms with Gasteiger partial charge in [-0.05, 0) is 72.8 Å². The molecule has 2 saturated heterocycles. The van der Waals surface area contributed by atoms with E-state index in [1.807, 2.05) is 11.3 Å². The Hall–Kier alpha value is -0.140. The number of hydrogen-bond acceptors (Lipinski definition) is 4. The van der Waals surface area contributed by atoms with Crippen molar-refractivity contribution in [2.24, 2.45) is 5.92 Å². The molecule has 7 heteroatoms. The van der Waals surface area contributed by atoms with Gasteiger partial charge in [-0.1, -0.05) is 0 Å². The number of carbonyl (C=O) groups excluding carboxylic acids is 1. The molecule has 0 radical (unpaired) electrons. The van der Waals surface area contributed by atoms with Crippen LogP contribution in [-0.4, -0.2) is 43.0 Å². The van der Waals surface area contributed by atoms with Gasteiger partial charge in [-0.3, -0.25) is 9.69 Å². The molecule has 0 spiro atoms. The molecule has 0 aliphatic carbocycles. The first kappa shape index (κ1) is 19.2. The molecule has 23 heavy (non-hydrogen) atoms. The lowest BCUT2D eigenvalue weighted by Gasteiger charge is -2.32. The van der Waals surface area contributed by atoms with Crippen molar-refractivity contribution in [2.75, 3.05) is 26.2 Å². The zero-order chi connectivity index (χ0) is 15.4. The molecule has 2 unspecified atom stereocenters. The summed E-state index contributed by atoms with van der Waals surface area (Å²) in [5.41, 5.74) is 0. The van der Waals surface area contributed by atoms with Crippen LogP contribution in [0.4, 0.5) is 0 Å². The SMILES string of the molecule is Cl.O=C(NCC1CCCN(Cc2ccc(Br)s2)C1)C1CCCN1. The number of amides is 1. The molecule has 3 heterocycles. The van der Waals surface area contributed by atoms with Crippen molar-refractivity contribution >= 4 is 45.6 Å². The molecule has 1 amide bonds. The third kappa shape index (κ3) is 5.71. The van der Waals surface area contributed by atoms with Crippen LogP contribution in [0.1, 0.15) is 30.6 Å². The lowest BCUT2D eigenvalue weighted by Crippen LogP contribution is -2.45. The summed E-state index contributed by atoms with van der Waals surface area (Å²) in [6.07, 6.45) is 4.55. The van der Waals surface area contributed by atoms with Crippen LogP contribution in [0.5, 0.6) is 0 Å². The highest BCUT2D eigenvalue weighted by Gasteiger charge is 2.24. The second-order valence-electron chi connectivity index (χ2n) is 6.34. The molecule has 2 atom stereocenters. The number of halogens is 2. The molecule has 2 fully saturated rings. The lowest BCUT2D eigenvalue weighted by molar-refractivity contribution is -0.123. The van der Waals surface area contributed by atoms with Crippen molar-refractivity contribution < 1.29 is 4.79 Å². The van der Waals surface area contributed by atoms with E-state index in [-0.39, 0.29) is 24.4 Å². The normalized spacial score (nSPS) is 25.1. The van der Waals surface area contributed by atoms with Crippen LogP contribution in [0.15, 0.2) is 15.9 Å². The number of carbonyl (C=O) groups is 1. The molecular weight excluding hydrogens is 398 g/mol. The van der Waals surface area contributed by atoms with E-state index in [1.165, 1.54) is 28.0 Å². The maximum absolute atomic E-state index is 12.1. The summed E-state index contributed by atoms with van der Waals surface area (Å²) in [4.78, 5) is 16.0. The van der Waals surface area contributed by atoms with Crippen LogP contribution in [0, 0.1) is 5.92 Å². The van der Waals surface area contributed by atoms with Crippen LogP contribution < -0.4 is 10.6 Å². The highest BCUT2D eigenvalue weighted by atomic mass is 79.9. The molecular formula is C16H25BrClN3OS. The van der Waals surface area contributed by atoms with Crippen molar-refractivity contribution in [3.63, 3.8) is 0 Å². The molecule has 2 N–H and O–H groups in total. The minimum absolute atomic E-state index is 0. The van der Waals surface area contributed by atoms with Crippen LogP contribution in [0.3, 0.4) is 0 Å². The Balaban J connectivity index is 0.00000192. The largest absolute Gasteiger partial charge is 0.354 e. The van der Waals surface area contributed by atoms with E-state index in [0.29, 0.717) is 5.92 Å². The van der Waals surface area contributed by atoms with E-state index in [1.54, 1.807) is 0 Å². The second kappa shape index (κ2) is 9.37. The quantitative estimate of drug-likeness (QED) is 0.766. The summed E-state index contributed by atoms with van der Waals surface area (Å²) in [6.45, 7) is 5.09. The smallest absolute Gasteiger partial charge is 0.237 e. The van der Waals surface area contributed by atoms with Gasteiger partial charge in [0.2, 0.25) is 5.91 Å². The standard InChI is InChI=1S/C16H24BrN3OS.ClH/c17-15-6-5-13(22-15)11-20-8-2-3-12(10-20)9-19-16(21)14-4-1-7-18-14;/h5-6,12,14,18H,1-4,7-11H2,(H,19,21);1H. The van der Waals surface area contributed by atoms with E-state index >= 15 is 0 Å². The van der Waals surface area contributed by atoms with Crippen molar-refractivity contribution in [1.82, 2.24) is 15.5 Å². The first-order valence-electron chi connectivity index (χ1n) is 8.18. The van der Waals surface area contributed by atoms with Gasteiger partial charge in [-0.25, -0.2) is 0 Å². The van der Waals surface area contributed by atoms with Crippen molar-refractivity contribution in [3.05, 3.63) is 20.8 Å².